The first-order valence-corrected chi connectivity index (χ1v) is 7.18. The highest BCUT2D eigenvalue weighted by atomic mass is 14.7. The van der Waals surface area contributed by atoms with Crippen molar-refractivity contribution in [2.45, 2.75) is 64.8 Å². The van der Waals surface area contributed by atoms with Gasteiger partial charge in [0.15, 0.2) is 0 Å². The lowest BCUT2D eigenvalue weighted by Crippen LogP contribution is -2.35. The molecule has 2 heteroatoms. The molecule has 0 radical (unpaired) electrons. The summed E-state index contributed by atoms with van der Waals surface area (Å²) in [5.74, 6) is 0.628. The van der Waals surface area contributed by atoms with E-state index in [0.29, 0.717) is 5.92 Å². The number of rotatable bonds is 3. The van der Waals surface area contributed by atoms with E-state index in [2.05, 4.69) is 37.9 Å². The van der Waals surface area contributed by atoms with Crippen LogP contribution in [0.1, 0.15) is 63.6 Å². The second-order valence-electron chi connectivity index (χ2n) is 6.69. The molecule has 18 heavy (non-hydrogen) atoms. The predicted octanol–water partition coefficient (Wildman–Crippen LogP) is 3.66. The molecule has 0 aromatic carbocycles. The Bertz CT molecular complexity index is 392. The Balaban J connectivity index is 2.00. The second-order valence-corrected chi connectivity index (χ2v) is 6.69. The molecule has 1 heterocycles. The highest BCUT2D eigenvalue weighted by Gasteiger charge is 2.25. The van der Waals surface area contributed by atoms with Gasteiger partial charge in [0, 0.05) is 23.9 Å². The van der Waals surface area contributed by atoms with Crippen LogP contribution in [0.25, 0.3) is 0 Å². The van der Waals surface area contributed by atoms with E-state index in [1.165, 1.54) is 36.9 Å². The van der Waals surface area contributed by atoms with Crippen molar-refractivity contribution in [3.8, 4) is 0 Å². The van der Waals surface area contributed by atoms with Crippen LogP contribution in [0.4, 0.5) is 0 Å². The van der Waals surface area contributed by atoms with E-state index >= 15 is 0 Å². The van der Waals surface area contributed by atoms with E-state index in [-0.39, 0.29) is 11.5 Å². The molecule has 1 aliphatic carbocycles. The lowest BCUT2D eigenvalue weighted by Gasteiger charge is -2.30. The van der Waals surface area contributed by atoms with Crippen molar-refractivity contribution < 1.29 is 0 Å². The molecule has 2 rings (SSSR count). The first kappa shape index (κ1) is 13.5. The number of pyridine rings is 1. The number of aromatic nitrogens is 1. The van der Waals surface area contributed by atoms with Gasteiger partial charge in [-0.15, -0.1) is 0 Å². The fourth-order valence-electron chi connectivity index (χ4n) is 2.80. The highest BCUT2D eigenvalue weighted by Crippen LogP contribution is 2.34. The molecule has 2 unspecified atom stereocenters. The first-order valence-electron chi connectivity index (χ1n) is 7.18. The largest absolute Gasteiger partial charge is 0.327 e. The van der Waals surface area contributed by atoms with Crippen molar-refractivity contribution in [1.29, 1.82) is 0 Å². The first-order chi connectivity index (χ1) is 8.48. The van der Waals surface area contributed by atoms with Crippen LogP contribution >= 0.6 is 0 Å². The van der Waals surface area contributed by atoms with Gasteiger partial charge in [-0.3, -0.25) is 4.98 Å². The van der Waals surface area contributed by atoms with Crippen LogP contribution in [0.2, 0.25) is 0 Å². The lowest BCUT2D eigenvalue weighted by atomic mass is 9.79. The van der Waals surface area contributed by atoms with Gasteiger partial charge in [-0.25, -0.2) is 0 Å². The monoisotopic (exact) mass is 246 g/mol. The normalized spacial score (nSPS) is 21.4. The molecular weight excluding hydrogens is 220 g/mol. The van der Waals surface area contributed by atoms with Crippen LogP contribution in [-0.4, -0.2) is 11.0 Å². The molecule has 0 saturated carbocycles. The summed E-state index contributed by atoms with van der Waals surface area (Å²) in [6, 6.07) is 4.58. The second kappa shape index (κ2) is 5.40. The summed E-state index contributed by atoms with van der Waals surface area (Å²) in [4.78, 5) is 4.60. The molecule has 2 N–H and O–H groups in total. The van der Waals surface area contributed by atoms with Gasteiger partial charge in [-0.1, -0.05) is 26.8 Å². The molecule has 0 saturated heterocycles. The van der Waals surface area contributed by atoms with Gasteiger partial charge in [-0.05, 0) is 49.1 Å². The van der Waals surface area contributed by atoms with E-state index in [1.807, 2.05) is 6.20 Å². The Labute approximate surface area is 111 Å². The number of nitrogens with two attached hydrogens (primary N) is 1. The van der Waals surface area contributed by atoms with Crippen LogP contribution in [0, 0.1) is 5.41 Å². The Morgan fingerprint density at radius 1 is 1.44 bits per heavy atom. The number of aryl methyl sites for hydroxylation is 1. The topological polar surface area (TPSA) is 38.9 Å². The van der Waals surface area contributed by atoms with Crippen molar-refractivity contribution in [3.63, 3.8) is 0 Å². The van der Waals surface area contributed by atoms with Crippen LogP contribution in [-0.2, 0) is 6.42 Å². The minimum Gasteiger partial charge on any atom is -0.327 e. The van der Waals surface area contributed by atoms with Gasteiger partial charge in [0.25, 0.3) is 0 Å². The fraction of sp³-hybridized carbons (Fsp3) is 0.688. The fourth-order valence-corrected chi connectivity index (χ4v) is 2.80. The summed E-state index contributed by atoms with van der Waals surface area (Å²) >= 11 is 0. The van der Waals surface area contributed by atoms with Crippen LogP contribution < -0.4 is 5.73 Å². The molecule has 0 amide bonds. The zero-order valence-electron chi connectivity index (χ0n) is 11.9. The Morgan fingerprint density at radius 2 is 2.22 bits per heavy atom. The van der Waals surface area contributed by atoms with Crippen LogP contribution in [0.15, 0.2) is 18.3 Å². The van der Waals surface area contributed by atoms with Crippen molar-refractivity contribution in [2.75, 3.05) is 0 Å². The summed E-state index contributed by atoms with van der Waals surface area (Å²) in [6.07, 6.45) is 7.99. The van der Waals surface area contributed by atoms with E-state index in [9.17, 15) is 0 Å². The van der Waals surface area contributed by atoms with Gasteiger partial charge in [0.05, 0.1) is 0 Å². The average Bonchev–Trinajstić information content (AvgIpc) is 2.34. The third kappa shape index (κ3) is 3.11. The predicted molar refractivity (Wildman–Crippen MR) is 76.6 cm³/mol. The standard InChI is InChI=1S/C16H26N2/c1-16(2,3)14(17)10-9-13-7-4-6-12-8-5-11-18-15(12)13/h5,8,11,13-14H,4,6-7,9-10,17H2,1-3H3. The molecule has 2 nitrogen and oxygen atoms in total. The zero-order valence-corrected chi connectivity index (χ0v) is 11.9. The molecule has 1 aromatic heterocycles. The van der Waals surface area contributed by atoms with Crippen LogP contribution in [0.5, 0.6) is 0 Å². The third-order valence-electron chi connectivity index (χ3n) is 4.25. The maximum Gasteiger partial charge on any atom is 0.0466 e. The SMILES string of the molecule is CC(C)(C)C(N)CCC1CCCc2cccnc21. The van der Waals surface area contributed by atoms with E-state index in [4.69, 9.17) is 5.73 Å². The molecule has 2 atom stereocenters. The molecule has 1 aliphatic rings. The molecule has 0 fully saturated rings. The summed E-state index contributed by atoms with van der Waals surface area (Å²) in [5.41, 5.74) is 9.27. The number of fused-ring (bicyclic) bond motifs is 1. The lowest BCUT2D eigenvalue weighted by molar-refractivity contribution is 0.291. The van der Waals surface area contributed by atoms with Gasteiger partial charge in [-0.2, -0.15) is 0 Å². The quantitative estimate of drug-likeness (QED) is 0.884. The van der Waals surface area contributed by atoms with Crippen molar-refractivity contribution >= 4 is 0 Å². The molecule has 1 aromatic rings. The van der Waals surface area contributed by atoms with Crippen LogP contribution in [0.3, 0.4) is 0 Å². The van der Waals surface area contributed by atoms with E-state index in [1.54, 1.807) is 0 Å². The third-order valence-corrected chi connectivity index (χ3v) is 4.25. The molecule has 0 aliphatic heterocycles. The molecule has 100 valence electrons. The van der Waals surface area contributed by atoms with E-state index in [0.717, 1.165) is 6.42 Å². The number of hydrogen-bond acceptors (Lipinski definition) is 2. The summed E-state index contributed by atoms with van der Waals surface area (Å²) in [5, 5.41) is 0. The Kier molecular flexibility index (Phi) is 4.06. The maximum atomic E-state index is 6.27. The number of nitrogens with zero attached hydrogens (tertiary/aromatic N) is 1. The average molecular weight is 246 g/mol. The maximum absolute atomic E-state index is 6.27. The molecule has 0 spiro atoms. The van der Waals surface area contributed by atoms with Gasteiger partial charge in [0.1, 0.15) is 0 Å². The zero-order chi connectivity index (χ0) is 13.2. The summed E-state index contributed by atoms with van der Waals surface area (Å²) in [7, 11) is 0. The van der Waals surface area contributed by atoms with Gasteiger partial charge >= 0.3 is 0 Å². The molecule has 0 bridgehead atoms. The Hall–Kier alpha value is -0.890. The van der Waals surface area contributed by atoms with Crippen molar-refractivity contribution in [3.05, 3.63) is 29.6 Å². The van der Waals surface area contributed by atoms with Crippen molar-refractivity contribution in [2.24, 2.45) is 11.1 Å². The van der Waals surface area contributed by atoms with Gasteiger partial charge in [0.2, 0.25) is 0 Å². The van der Waals surface area contributed by atoms with Crippen molar-refractivity contribution in [1.82, 2.24) is 4.98 Å². The minimum absolute atomic E-state index is 0.210. The summed E-state index contributed by atoms with van der Waals surface area (Å²) in [6.45, 7) is 6.68. The number of hydrogen-bond donors (Lipinski definition) is 1. The molecular formula is C16H26N2. The Morgan fingerprint density at radius 3 is 2.94 bits per heavy atom. The van der Waals surface area contributed by atoms with Gasteiger partial charge < -0.3 is 5.73 Å². The summed E-state index contributed by atoms with van der Waals surface area (Å²) < 4.78 is 0. The minimum atomic E-state index is 0.210. The highest BCUT2D eigenvalue weighted by molar-refractivity contribution is 5.25. The van der Waals surface area contributed by atoms with E-state index < -0.39 is 0 Å². The smallest absolute Gasteiger partial charge is 0.0466 e.